The summed E-state index contributed by atoms with van der Waals surface area (Å²) < 4.78 is 0. The molecule has 3 amide bonds. The Morgan fingerprint density at radius 3 is 2.11 bits per heavy atom. The molecule has 1 aliphatic heterocycles. The average Bonchev–Trinajstić information content (AvgIpc) is 3.07. The average molecular weight is 524 g/mol. The van der Waals surface area contributed by atoms with Gasteiger partial charge >= 0.3 is 5.97 Å². The summed E-state index contributed by atoms with van der Waals surface area (Å²) in [6, 6.07) is 19.4. The molecule has 10 heteroatoms. The first-order chi connectivity index (χ1) is 17.2. The number of amides is 3. The molecule has 36 heavy (non-hydrogen) atoms. The van der Waals surface area contributed by atoms with Crippen LogP contribution in [0.3, 0.4) is 0 Å². The number of carbonyl (C=O) groups is 4. The second kappa shape index (κ2) is 10.6. The van der Waals surface area contributed by atoms with E-state index in [0.29, 0.717) is 21.8 Å². The lowest BCUT2D eigenvalue weighted by Crippen LogP contribution is -2.33. The maximum atomic E-state index is 12.8. The molecule has 0 spiro atoms. The number of aromatic carboxylic acids is 1. The highest BCUT2D eigenvalue weighted by atomic mass is 35.5. The number of carboxylic acid groups (broad SMARTS) is 1. The maximum absolute atomic E-state index is 12.8. The Hall–Kier alpha value is -4.14. The van der Waals surface area contributed by atoms with E-state index < -0.39 is 17.8 Å². The lowest BCUT2D eigenvalue weighted by Gasteiger charge is -2.16. The number of carbonyl (C=O) groups excluding carboxylic acids is 3. The van der Waals surface area contributed by atoms with Crippen molar-refractivity contribution < 1.29 is 24.3 Å². The third kappa shape index (κ3) is 5.40. The fraction of sp³-hybridized carbons (Fsp3) is 0.0769. The SMILES string of the molecule is O=C(O)c1ccc(NC(=O)c2ccc(CNC3=C(Cl)C(=O)N(Cc4ccccc4Cl)C3=O)cc2)cc1. The Kier molecular flexibility index (Phi) is 7.38. The summed E-state index contributed by atoms with van der Waals surface area (Å²) in [4.78, 5) is 49.8. The molecule has 0 saturated carbocycles. The zero-order valence-electron chi connectivity index (χ0n) is 18.6. The standard InChI is InChI=1S/C26H19Cl2N3O5/c27-20-4-2-1-3-18(20)14-31-24(33)21(28)22(25(31)34)29-13-15-5-7-16(8-6-15)23(32)30-19-11-9-17(10-12-19)26(35)36/h1-12,29H,13-14H2,(H,30,32)(H,35,36). The summed E-state index contributed by atoms with van der Waals surface area (Å²) in [7, 11) is 0. The van der Waals surface area contributed by atoms with Crippen LogP contribution in [0.1, 0.15) is 31.8 Å². The van der Waals surface area contributed by atoms with Crippen molar-refractivity contribution in [1.82, 2.24) is 10.2 Å². The number of rotatable bonds is 8. The highest BCUT2D eigenvalue weighted by Gasteiger charge is 2.37. The number of halogens is 2. The molecule has 0 saturated heterocycles. The van der Waals surface area contributed by atoms with Gasteiger partial charge in [0.2, 0.25) is 0 Å². The quantitative estimate of drug-likeness (QED) is 0.377. The minimum atomic E-state index is -1.05. The minimum Gasteiger partial charge on any atom is -0.478 e. The molecule has 0 atom stereocenters. The summed E-state index contributed by atoms with van der Waals surface area (Å²) in [5.74, 6) is -2.57. The molecule has 0 aliphatic carbocycles. The molecule has 1 heterocycles. The monoisotopic (exact) mass is 523 g/mol. The molecular weight excluding hydrogens is 505 g/mol. The largest absolute Gasteiger partial charge is 0.478 e. The van der Waals surface area contributed by atoms with Gasteiger partial charge in [0.25, 0.3) is 17.7 Å². The van der Waals surface area contributed by atoms with Gasteiger partial charge in [0.15, 0.2) is 0 Å². The number of hydrogen-bond donors (Lipinski definition) is 3. The van der Waals surface area contributed by atoms with Crippen molar-refractivity contribution >= 4 is 52.6 Å². The molecular formula is C26H19Cl2N3O5. The van der Waals surface area contributed by atoms with Gasteiger partial charge in [-0.2, -0.15) is 0 Å². The van der Waals surface area contributed by atoms with Crippen molar-refractivity contribution in [1.29, 1.82) is 0 Å². The highest BCUT2D eigenvalue weighted by molar-refractivity contribution is 6.47. The van der Waals surface area contributed by atoms with Gasteiger partial charge in [-0.05, 0) is 53.6 Å². The van der Waals surface area contributed by atoms with Gasteiger partial charge in [-0.1, -0.05) is 53.5 Å². The number of nitrogens with zero attached hydrogens (tertiary/aromatic N) is 1. The summed E-state index contributed by atoms with van der Waals surface area (Å²) >= 11 is 12.3. The van der Waals surface area contributed by atoms with Crippen LogP contribution in [0.25, 0.3) is 0 Å². The van der Waals surface area contributed by atoms with E-state index in [-0.39, 0.29) is 35.3 Å². The van der Waals surface area contributed by atoms with Gasteiger partial charge in [-0.25, -0.2) is 4.79 Å². The van der Waals surface area contributed by atoms with Crippen molar-refractivity contribution in [3.63, 3.8) is 0 Å². The third-order valence-corrected chi connectivity index (χ3v) is 6.19. The van der Waals surface area contributed by atoms with Crippen molar-refractivity contribution in [3.8, 4) is 0 Å². The number of anilines is 1. The van der Waals surface area contributed by atoms with Crippen LogP contribution in [-0.2, 0) is 22.7 Å². The Bertz CT molecular complexity index is 1390. The van der Waals surface area contributed by atoms with Crippen LogP contribution in [0.15, 0.2) is 83.5 Å². The van der Waals surface area contributed by atoms with Crippen molar-refractivity contribution in [2.75, 3.05) is 5.32 Å². The molecule has 4 rings (SSSR count). The van der Waals surface area contributed by atoms with Crippen LogP contribution in [0.4, 0.5) is 5.69 Å². The van der Waals surface area contributed by atoms with E-state index in [0.717, 1.165) is 10.5 Å². The maximum Gasteiger partial charge on any atom is 0.335 e. The van der Waals surface area contributed by atoms with E-state index in [9.17, 15) is 19.2 Å². The predicted octanol–water partition coefficient (Wildman–Crippen LogP) is 4.40. The van der Waals surface area contributed by atoms with E-state index in [1.807, 2.05) is 0 Å². The lowest BCUT2D eigenvalue weighted by molar-refractivity contribution is -0.138. The van der Waals surface area contributed by atoms with Gasteiger partial charge in [0.1, 0.15) is 10.7 Å². The fourth-order valence-corrected chi connectivity index (χ4v) is 3.95. The van der Waals surface area contributed by atoms with Gasteiger partial charge < -0.3 is 15.7 Å². The fourth-order valence-electron chi connectivity index (χ4n) is 3.50. The molecule has 3 aromatic rings. The molecule has 0 bridgehead atoms. The first kappa shape index (κ1) is 25.0. The zero-order chi connectivity index (χ0) is 25.8. The van der Waals surface area contributed by atoms with Gasteiger partial charge in [0.05, 0.1) is 12.1 Å². The Morgan fingerprint density at radius 2 is 1.47 bits per heavy atom. The van der Waals surface area contributed by atoms with Gasteiger partial charge in [-0.3, -0.25) is 19.3 Å². The number of hydrogen-bond acceptors (Lipinski definition) is 5. The smallest absolute Gasteiger partial charge is 0.335 e. The summed E-state index contributed by atoms with van der Waals surface area (Å²) in [6.07, 6.45) is 0. The number of imide groups is 1. The minimum absolute atomic E-state index is 0.000322. The van der Waals surface area contributed by atoms with Crippen molar-refractivity contribution in [2.24, 2.45) is 0 Å². The van der Waals surface area contributed by atoms with Crippen LogP contribution >= 0.6 is 23.2 Å². The van der Waals surface area contributed by atoms with E-state index in [4.69, 9.17) is 28.3 Å². The Labute approximate surface area is 216 Å². The van der Waals surface area contributed by atoms with Crippen molar-refractivity contribution in [3.05, 3.63) is 111 Å². The topological polar surface area (TPSA) is 116 Å². The van der Waals surface area contributed by atoms with Gasteiger partial charge in [-0.15, -0.1) is 0 Å². The van der Waals surface area contributed by atoms with Crippen LogP contribution < -0.4 is 10.6 Å². The van der Waals surface area contributed by atoms with Crippen LogP contribution in [0, 0.1) is 0 Å². The molecule has 0 unspecified atom stereocenters. The number of nitrogens with one attached hydrogen (secondary N) is 2. The molecule has 3 N–H and O–H groups in total. The molecule has 0 aromatic heterocycles. The summed E-state index contributed by atoms with van der Waals surface area (Å²) in [5, 5.41) is 14.8. The molecule has 1 aliphatic rings. The van der Waals surface area contributed by atoms with Gasteiger partial charge in [0, 0.05) is 22.8 Å². The van der Waals surface area contributed by atoms with E-state index in [2.05, 4.69) is 10.6 Å². The Balaban J connectivity index is 1.36. The summed E-state index contributed by atoms with van der Waals surface area (Å²) in [5.41, 5.74) is 2.34. The van der Waals surface area contributed by atoms with Crippen molar-refractivity contribution in [2.45, 2.75) is 13.1 Å². The van der Waals surface area contributed by atoms with Crippen LogP contribution in [0.5, 0.6) is 0 Å². The van der Waals surface area contributed by atoms with E-state index in [1.165, 1.54) is 24.3 Å². The second-order valence-corrected chi connectivity index (χ2v) is 8.65. The molecule has 0 radical (unpaired) electrons. The highest BCUT2D eigenvalue weighted by Crippen LogP contribution is 2.26. The van der Waals surface area contributed by atoms with E-state index >= 15 is 0 Å². The molecule has 3 aromatic carbocycles. The number of carboxylic acids is 1. The zero-order valence-corrected chi connectivity index (χ0v) is 20.1. The first-order valence-electron chi connectivity index (χ1n) is 10.7. The first-order valence-corrected chi connectivity index (χ1v) is 11.5. The molecule has 8 nitrogen and oxygen atoms in total. The second-order valence-electron chi connectivity index (χ2n) is 7.86. The molecule has 0 fully saturated rings. The van der Waals surface area contributed by atoms with Crippen LogP contribution in [0.2, 0.25) is 5.02 Å². The normalized spacial score (nSPS) is 13.2. The third-order valence-electron chi connectivity index (χ3n) is 5.47. The lowest BCUT2D eigenvalue weighted by atomic mass is 10.1. The predicted molar refractivity (Wildman–Crippen MR) is 135 cm³/mol. The molecule has 182 valence electrons. The van der Waals surface area contributed by atoms with E-state index in [1.54, 1.807) is 48.5 Å². The Morgan fingerprint density at radius 1 is 0.833 bits per heavy atom. The number of benzene rings is 3. The summed E-state index contributed by atoms with van der Waals surface area (Å²) in [6.45, 7) is 0.199. The van der Waals surface area contributed by atoms with Crippen LogP contribution in [-0.4, -0.2) is 33.7 Å².